The van der Waals surface area contributed by atoms with Gasteiger partial charge in [0.2, 0.25) is 0 Å². The number of amides is 1. The molecule has 1 amide bonds. The third-order valence-electron chi connectivity index (χ3n) is 4.80. The Bertz CT molecular complexity index is 534. The van der Waals surface area contributed by atoms with Crippen LogP contribution in [0, 0.1) is 23.6 Å². The average molecular weight is 279 g/mol. The SMILES string of the molecule is O=C(NC1C2CCC(C2)C1CO)c1cc(F)ccc1O. The van der Waals surface area contributed by atoms with E-state index >= 15 is 0 Å². The lowest BCUT2D eigenvalue weighted by Crippen LogP contribution is -2.45. The molecule has 20 heavy (non-hydrogen) atoms. The molecule has 0 aliphatic heterocycles. The van der Waals surface area contributed by atoms with Crippen molar-refractivity contribution in [2.75, 3.05) is 6.61 Å². The van der Waals surface area contributed by atoms with Crippen LogP contribution in [0.5, 0.6) is 5.75 Å². The minimum absolute atomic E-state index is 0.0514. The quantitative estimate of drug-likeness (QED) is 0.788. The Morgan fingerprint density at radius 2 is 2.10 bits per heavy atom. The van der Waals surface area contributed by atoms with Gasteiger partial charge in [0.1, 0.15) is 11.6 Å². The van der Waals surface area contributed by atoms with Crippen molar-refractivity contribution in [2.45, 2.75) is 25.3 Å². The maximum absolute atomic E-state index is 13.2. The summed E-state index contributed by atoms with van der Waals surface area (Å²) in [5, 5.41) is 22.0. The number of aromatic hydroxyl groups is 1. The maximum atomic E-state index is 13.2. The standard InChI is InChI=1S/C15H18FNO3/c16-10-3-4-13(19)11(6-10)15(20)17-14-9-2-1-8(5-9)12(14)7-18/h3-4,6,8-9,12,14,18-19H,1-2,5,7H2,(H,17,20). The van der Waals surface area contributed by atoms with E-state index in [0.717, 1.165) is 31.4 Å². The monoisotopic (exact) mass is 279 g/mol. The minimum Gasteiger partial charge on any atom is -0.507 e. The van der Waals surface area contributed by atoms with Gasteiger partial charge in [-0.15, -0.1) is 0 Å². The summed E-state index contributed by atoms with van der Waals surface area (Å²) in [4.78, 5) is 12.2. The van der Waals surface area contributed by atoms with Gasteiger partial charge in [0.15, 0.2) is 0 Å². The van der Waals surface area contributed by atoms with Crippen LogP contribution in [0.2, 0.25) is 0 Å². The Hall–Kier alpha value is -1.62. The number of aliphatic hydroxyl groups is 1. The fraction of sp³-hybridized carbons (Fsp3) is 0.533. The van der Waals surface area contributed by atoms with E-state index in [2.05, 4.69) is 5.32 Å². The second-order valence-electron chi connectivity index (χ2n) is 5.84. The highest BCUT2D eigenvalue weighted by Crippen LogP contribution is 2.48. The van der Waals surface area contributed by atoms with Gasteiger partial charge in [-0.3, -0.25) is 4.79 Å². The molecule has 1 aromatic rings. The normalized spacial score (nSPS) is 31.5. The first-order chi connectivity index (χ1) is 9.60. The van der Waals surface area contributed by atoms with Crippen LogP contribution >= 0.6 is 0 Å². The predicted octanol–water partition coefficient (Wildman–Crippen LogP) is 1.67. The number of benzene rings is 1. The van der Waals surface area contributed by atoms with Crippen molar-refractivity contribution in [1.29, 1.82) is 0 Å². The number of rotatable bonds is 3. The zero-order chi connectivity index (χ0) is 14.3. The Kier molecular flexibility index (Phi) is 3.38. The van der Waals surface area contributed by atoms with Gasteiger partial charge < -0.3 is 15.5 Å². The largest absolute Gasteiger partial charge is 0.507 e. The van der Waals surface area contributed by atoms with E-state index in [1.807, 2.05) is 0 Å². The van der Waals surface area contributed by atoms with E-state index in [0.29, 0.717) is 11.8 Å². The summed E-state index contributed by atoms with van der Waals surface area (Å²) in [7, 11) is 0. The molecular formula is C15H18FNO3. The summed E-state index contributed by atoms with van der Waals surface area (Å²) in [6.07, 6.45) is 3.19. The van der Waals surface area contributed by atoms with Crippen LogP contribution in [0.25, 0.3) is 0 Å². The topological polar surface area (TPSA) is 69.6 Å². The molecule has 2 bridgehead atoms. The number of carbonyl (C=O) groups is 1. The van der Waals surface area contributed by atoms with Crippen molar-refractivity contribution in [3.63, 3.8) is 0 Å². The van der Waals surface area contributed by atoms with Gasteiger partial charge in [0.05, 0.1) is 5.56 Å². The molecule has 3 rings (SSSR count). The molecule has 2 fully saturated rings. The lowest BCUT2D eigenvalue weighted by atomic mass is 9.85. The molecule has 2 aliphatic carbocycles. The summed E-state index contributed by atoms with van der Waals surface area (Å²) in [5.41, 5.74) is -0.0514. The lowest BCUT2D eigenvalue weighted by molar-refractivity contribution is 0.0858. The molecule has 0 heterocycles. The number of aliphatic hydroxyl groups excluding tert-OH is 1. The van der Waals surface area contributed by atoms with Gasteiger partial charge in [-0.2, -0.15) is 0 Å². The van der Waals surface area contributed by atoms with Crippen LogP contribution in [-0.4, -0.2) is 28.8 Å². The number of hydrogen-bond donors (Lipinski definition) is 3. The zero-order valence-corrected chi connectivity index (χ0v) is 11.1. The number of phenolic OH excluding ortho intramolecular Hbond substituents is 1. The van der Waals surface area contributed by atoms with Crippen molar-refractivity contribution in [1.82, 2.24) is 5.32 Å². The number of phenols is 1. The fourth-order valence-electron chi connectivity index (χ4n) is 3.82. The number of halogens is 1. The average Bonchev–Trinajstić information content (AvgIpc) is 3.02. The van der Waals surface area contributed by atoms with E-state index in [9.17, 15) is 19.4 Å². The molecule has 4 unspecified atom stereocenters. The van der Waals surface area contributed by atoms with Crippen molar-refractivity contribution in [3.8, 4) is 5.75 Å². The minimum atomic E-state index is -0.556. The van der Waals surface area contributed by atoms with Crippen molar-refractivity contribution in [3.05, 3.63) is 29.6 Å². The Labute approximate surface area is 116 Å². The summed E-state index contributed by atoms with van der Waals surface area (Å²) in [5.74, 6) is -0.327. The Morgan fingerprint density at radius 3 is 2.85 bits per heavy atom. The van der Waals surface area contributed by atoms with Gasteiger partial charge in [-0.05, 0) is 49.3 Å². The third-order valence-corrected chi connectivity index (χ3v) is 4.80. The molecular weight excluding hydrogens is 261 g/mol. The molecule has 3 N–H and O–H groups in total. The molecule has 4 nitrogen and oxygen atoms in total. The van der Waals surface area contributed by atoms with Crippen molar-refractivity contribution < 1.29 is 19.4 Å². The van der Waals surface area contributed by atoms with E-state index in [1.54, 1.807) is 0 Å². The summed E-state index contributed by atoms with van der Waals surface area (Å²) in [6.45, 7) is 0.0568. The van der Waals surface area contributed by atoms with Gasteiger partial charge >= 0.3 is 0 Å². The first-order valence-corrected chi connectivity index (χ1v) is 7.00. The lowest BCUT2D eigenvalue weighted by Gasteiger charge is -2.30. The van der Waals surface area contributed by atoms with Gasteiger partial charge in [-0.25, -0.2) is 4.39 Å². The Balaban J connectivity index is 1.77. The zero-order valence-electron chi connectivity index (χ0n) is 11.1. The smallest absolute Gasteiger partial charge is 0.255 e. The highest BCUT2D eigenvalue weighted by molar-refractivity contribution is 5.97. The van der Waals surface area contributed by atoms with Gasteiger partial charge in [0.25, 0.3) is 5.91 Å². The van der Waals surface area contributed by atoms with E-state index in [4.69, 9.17) is 0 Å². The van der Waals surface area contributed by atoms with Crippen LogP contribution in [0.1, 0.15) is 29.6 Å². The number of fused-ring (bicyclic) bond motifs is 2. The van der Waals surface area contributed by atoms with E-state index < -0.39 is 11.7 Å². The summed E-state index contributed by atoms with van der Waals surface area (Å²) in [6, 6.07) is 3.24. The fourth-order valence-corrected chi connectivity index (χ4v) is 3.82. The maximum Gasteiger partial charge on any atom is 0.255 e. The number of nitrogens with one attached hydrogen (secondary N) is 1. The molecule has 1 aromatic carbocycles. The predicted molar refractivity (Wildman–Crippen MR) is 70.7 cm³/mol. The van der Waals surface area contributed by atoms with Crippen LogP contribution in [0.3, 0.4) is 0 Å². The Morgan fingerprint density at radius 1 is 1.35 bits per heavy atom. The van der Waals surface area contributed by atoms with Crippen LogP contribution in [0.15, 0.2) is 18.2 Å². The second-order valence-corrected chi connectivity index (χ2v) is 5.84. The summed E-state index contributed by atoms with van der Waals surface area (Å²) >= 11 is 0. The molecule has 4 atom stereocenters. The van der Waals surface area contributed by atoms with E-state index in [1.165, 1.54) is 6.07 Å². The molecule has 5 heteroatoms. The second kappa shape index (κ2) is 5.05. The van der Waals surface area contributed by atoms with Crippen LogP contribution in [0.4, 0.5) is 4.39 Å². The summed E-state index contributed by atoms with van der Waals surface area (Å²) < 4.78 is 13.2. The molecule has 2 aliphatic rings. The number of carbonyl (C=O) groups excluding carboxylic acids is 1. The molecule has 108 valence electrons. The first kappa shape index (κ1) is 13.4. The van der Waals surface area contributed by atoms with Crippen molar-refractivity contribution >= 4 is 5.91 Å². The van der Waals surface area contributed by atoms with Crippen LogP contribution < -0.4 is 5.32 Å². The molecule has 0 radical (unpaired) electrons. The highest BCUT2D eigenvalue weighted by atomic mass is 19.1. The molecule has 2 saturated carbocycles. The van der Waals surface area contributed by atoms with Crippen LogP contribution in [-0.2, 0) is 0 Å². The van der Waals surface area contributed by atoms with Gasteiger partial charge in [-0.1, -0.05) is 0 Å². The highest BCUT2D eigenvalue weighted by Gasteiger charge is 2.47. The van der Waals surface area contributed by atoms with Crippen molar-refractivity contribution in [2.24, 2.45) is 17.8 Å². The third kappa shape index (κ3) is 2.16. The number of hydrogen-bond acceptors (Lipinski definition) is 3. The molecule has 0 aromatic heterocycles. The van der Waals surface area contributed by atoms with Gasteiger partial charge in [0, 0.05) is 18.6 Å². The van der Waals surface area contributed by atoms with E-state index in [-0.39, 0.29) is 29.9 Å². The molecule has 0 saturated heterocycles. The molecule has 0 spiro atoms. The first-order valence-electron chi connectivity index (χ1n) is 7.00.